The zero-order chi connectivity index (χ0) is 22.4. The number of rotatable bonds is 9. The van der Waals surface area contributed by atoms with Crippen molar-refractivity contribution in [3.63, 3.8) is 0 Å². The minimum atomic E-state index is -0.104. The first-order chi connectivity index (χ1) is 14.8. The minimum absolute atomic E-state index is 0.102. The quantitative estimate of drug-likeness (QED) is 0.339. The molecule has 31 heavy (non-hydrogen) atoms. The van der Waals surface area contributed by atoms with Gasteiger partial charge in [0.1, 0.15) is 0 Å². The van der Waals surface area contributed by atoms with Crippen molar-refractivity contribution in [1.82, 2.24) is 14.9 Å². The van der Waals surface area contributed by atoms with Gasteiger partial charge in [-0.2, -0.15) is 0 Å². The molecule has 0 aliphatic rings. The van der Waals surface area contributed by atoms with Crippen LogP contribution in [-0.4, -0.2) is 27.8 Å². The minimum Gasteiger partial charge on any atom is -0.355 e. The van der Waals surface area contributed by atoms with Crippen molar-refractivity contribution in [2.24, 2.45) is 5.92 Å². The number of nitrogens with one attached hydrogen (secondary N) is 1. The van der Waals surface area contributed by atoms with Crippen molar-refractivity contribution in [1.29, 1.82) is 0 Å². The summed E-state index contributed by atoms with van der Waals surface area (Å²) < 4.78 is 1.67. The Morgan fingerprint density at radius 3 is 2.55 bits per heavy atom. The normalized spacial score (nSPS) is 11.3. The van der Waals surface area contributed by atoms with Crippen LogP contribution in [0.2, 0.25) is 10.0 Å². The molecule has 0 fully saturated rings. The van der Waals surface area contributed by atoms with Crippen LogP contribution in [0.25, 0.3) is 10.9 Å². The first kappa shape index (κ1) is 23.6. The summed E-state index contributed by atoms with van der Waals surface area (Å²) >= 11 is 13.2. The predicted octanol–water partition coefficient (Wildman–Crippen LogP) is 5.20. The highest BCUT2D eigenvalue weighted by molar-refractivity contribution is 7.99. The SMILES string of the molecule is CC(C)CCn1c(SCC(=O)NCCc2ccc(Cl)cc2)nc2cc(Cl)ccc2c1=O. The topological polar surface area (TPSA) is 64.0 Å². The van der Waals surface area contributed by atoms with Gasteiger partial charge in [0.15, 0.2) is 5.16 Å². The first-order valence-corrected chi connectivity index (χ1v) is 11.9. The molecule has 0 radical (unpaired) electrons. The number of benzene rings is 2. The van der Waals surface area contributed by atoms with Crippen molar-refractivity contribution < 1.29 is 4.79 Å². The van der Waals surface area contributed by atoms with Crippen LogP contribution in [0, 0.1) is 5.92 Å². The number of thioether (sulfide) groups is 1. The summed E-state index contributed by atoms with van der Waals surface area (Å²) in [6.45, 7) is 5.31. The Labute approximate surface area is 196 Å². The molecule has 0 aliphatic carbocycles. The number of hydrogen-bond donors (Lipinski definition) is 1. The molecule has 1 aromatic heterocycles. The van der Waals surface area contributed by atoms with Crippen LogP contribution >= 0.6 is 35.0 Å². The monoisotopic (exact) mass is 477 g/mol. The standard InChI is InChI=1S/C23H25Cl2N3O2S/c1-15(2)10-12-28-22(30)19-8-7-18(25)13-20(19)27-23(28)31-14-21(29)26-11-9-16-3-5-17(24)6-4-16/h3-8,13,15H,9-12,14H2,1-2H3,(H,26,29). The predicted molar refractivity (Wildman–Crippen MR) is 129 cm³/mol. The van der Waals surface area contributed by atoms with E-state index < -0.39 is 0 Å². The Bertz CT molecular complexity index is 1110. The lowest BCUT2D eigenvalue weighted by Crippen LogP contribution is -2.28. The number of carbonyl (C=O) groups is 1. The van der Waals surface area contributed by atoms with Crippen LogP contribution in [-0.2, 0) is 17.8 Å². The number of fused-ring (bicyclic) bond motifs is 1. The van der Waals surface area contributed by atoms with Gasteiger partial charge in [0.25, 0.3) is 5.56 Å². The second-order valence-electron chi connectivity index (χ2n) is 7.71. The van der Waals surface area contributed by atoms with Crippen LogP contribution in [0.1, 0.15) is 25.8 Å². The van der Waals surface area contributed by atoms with Gasteiger partial charge in [-0.15, -0.1) is 0 Å². The van der Waals surface area contributed by atoms with E-state index in [9.17, 15) is 9.59 Å². The maximum atomic E-state index is 13.0. The summed E-state index contributed by atoms with van der Waals surface area (Å²) in [5.41, 5.74) is 1.55. The summed E-state index contributed by atoms with van der Waals surface area (Å²) in [5, 5.41) is 5.20. The van der Waals surface area contributed by atoms with E-state index in [4.69, 9.17) is 23.2 Å². The van der Waals surface area contributed by atoms with Gasteiger partial charge < -0.3 is 5.32 Å². The van der Waals surface area contributed by atoms with Crippen molar-refractivity contribution in [2.75, 3.05) is 12.3 Å². The molecule has 1 heterocycles. The second kappa shape index (κ2) is 11.0. The Morgan fingerprint density at radius 1 is 1.13 bits per heavy atom. The van der Waals surface area contributed by atoms with Gasteiger partial charge in [0.2, 0.25) is 5.91 Å². The van der Waals surface area contributed by atoms with Crippen molar-refractivity contribution in [3.8, 4) is 0 Å². The molecule has 0 saturated carbocycles. The molecule has 164 valence electrons. The van der Waals surface area contributed by atoms with Gasteiger partial charge in [-0.05, 0) is 54.7 Å². The molecular weight excluding hydrogens is 453 g/mol. The average molecular weight is 478 g/mol. The van der Waals surface area contributed by atoms with Crippen molar-refractivity contribution in [2.45, 2.75) is 38.4 Å². The third-order valence-electron chi connectivity index (χ3n) is 4.79. The van der Waals surface area contributed by atoms with Gasteiger partial charge in [-0.3, -0.25) is 14.2 Å². The average Bonchev–Trinajstić information content (AvgIpc) is 2.72. The summed E-state index contributed by atoms with van der Waals surface area (Å²) in [4.78, 5) is 30.0. The zero-order valence-corrected chi connectivity index (χ0v) is 19.9. The summed E-state index contributed by atoms with van der Waals surface area (Å²) in [5.74, 6) is 0.525. The van der Waals surface area contributed by atoms with E-state index in [0.717, 1.165) is 18.4 Å². The first-order valence-electron chi connectivity index (χ1n) is 10.2. The van der Waals surface area contributed by atoms with E-state index in [0.29, 0.717) is 45.1 Å². The summed E-state index contributed by atoms with van der Waals surface area (Å²) in [6.07, 6.45) is 1.57. The van der Waals surface area contributed by atoms with Gasteiger partial charge in [-0.1, -0.05) is 60.9 Å². The number of nitrogens with zero attached hydrogens (tertiary/aromatic N) is 2. The molecule has 3 rings (SSSR count). The fourth-order valence-corrected chi connectivity index (χ4v) is 4.19. The molecule has 0 atom stereocenters. The number of aromatic nitrogens is 2. The largest absolute Gasteiger partial charge is 0.355 e. The summed E-state index contributed by atoms with van der Waals surface area (Å²) in [7, 11) is 0. The maximum absolute atomic E-state index is 13.0. The summed E-state index contributed by atoms with van der Waals surface area (Å²) in [6, 6.07) is 12.6. The van der Waals surface area contributed by atoms with E-state index in [1.165, 1.54) is 11.8 Å². The Hall–Kier alpha value is -2.02. The second-order valence-corrected chi connectivity index (χ2v) is 9.53. The third-order valence-corrected chi connectivity index (χ3v) is 6.26. The van der Waals surface area contributed by atoms with Crippen LogP contribution in [0.5, 0.6) is 0 Å². The number of carbonyl (C=O) groups excluding carboxylic acids is 1. The number of hydrogen-bond acceptors (Lipinski definition) is 4. The molecule has 8 heteroatoms. The Balaban J connectivity index is 1.68. The van der Waals surface area contributed by atoms with Gasteiger partial charge in [-0.25, -0.2) is 4.98 Å². The lowest BCUT2D eigenvalue weighted by Gasteiger charge is -2.14. The van der Waals surface area contributed by atoms with E-state index in [2.05, 4.69) is 24.1 Å². The lowest BCUT2D eigenvalue weighted by atomic mass is 10.1. The third kappa shape index (κ3) is 6.73. The highest BCUT2D eigenvalue weighted by Crippen LogP contribution is 2.21. The van der Waals surface area contributed by atoms with Crippen LogP contribution in [0.15, 0.2) is 52.4 Å². The molecule has 5 nitrogen and oxygen atoms in total. The Morgan fingerprint density at radius 2 is 1.84 bits per heavy atom. The van der Waals surface area contributed by atoms with Crippen molar-refractivity contribution in [3.05, 3.63) is 68.4 Å². The molecule has 0 bridgehead atoms. The highest BCUT2D eigenvalue weighted by Gasteiger charge is 2.14. The molecule has 0 spiro atoms. The molecule has 0 saturated heterocycles. The van der Waals surface area contributed by atoms with Crippen LogP contribution in [0.3, 0.4) is 0 Å². The van der Waals surface area contributed by atoms with Crippen molar-refractivity contribution >= 4 is 51.8 Å². The van der Waals surface area contributed by atoms with Gasteiger partial charge in [0, 0.05) is 23.1 Å². The zero-order valence-electron chi connectivity index (χ0n) is 17.5. The lowest BCUT2D eigenvalue weighted by molar-refractivity contribution is -0.118. The van der Waals surface area contributed by atoms with Gasteiger partial charge >= 0.3 is 0 Å². The molecule has 2 aromatic carbocycles. The smallest absolute Gasteiger partial charge is 0.262 e. The fraction of sp³-hybridized carbons (Fsp3) is 0.348. The number of halogens is 2. The Kier molecular flexibility index (Phi) is 8.41. The van der Waals surface area contributed by atoms with Crippen LogP contribution < -0.4 is 10.9 Å². The van der Waals surface area contributed by atoms with E-state index in [-0.39, 0.29) is 17.2 Å². The molecule has 0 aliphatic heterocycles. The molecule has 0 unspecified atom stereocenters. The van der Waals surface area contributed by atoms with Gasteiger partial charge in [0.05, 0.1) is 16.7 Å². The van der Waals surface area contributed by atoms with E-state index in [1.54, 1.807) is 22.8 Å². The molecule has 3 aromatic rings. The van der Waals surface area contributed by atoms with E-state index >= 15 is 0 Å². The number of amides is 1. The highest BCUT2D eigenvalue weighted by atomic mass is 35.5. The molecule has 1 amide bonds. The van der Waals surface area contributed by atoms with E-state index in [1.807, 2.05) is 24.3 Å². The van der Waals surface area contributed by atoms with Crippen LogP contribution in [0.4, 0.5) is 0 Å². The molecular formula is C23H25Cl2N3O2S. The molecule has 1 N–H and O–H groups in total. The fourth-order valence-electron chi connectivity index (χ4n) is 3.05. The maximum Gasteiger partial charge on any atom is 0.262 e.